The molecular formula is C14H22ClN3O2. The fourth-order valence-electron chi connectivity index (χ4n) is 2.65. The molecule has 0 spiro atoms. The van der Waals surface area contributed by atoms with Crippen molar-refractivity contribution in [3.8, 4) is 0 Å². The van der Waals surface area contributed by atoms with Crippen molar-refractivity contribution in [3.05, 3.63) is 17.5 Å². The monoisotopic (exact) mass is 299 g/mol. The van der Waals surface area contributed by atoms with E-state index in [0.717, 1.165) is 30.8 Å². The number of hydrogen-bond acceptors (Lipinski definition) is 3. The van der Waals surface area contributed by atoms with Crippen LogP contribution in [-0.2, 0) is 23.1 Å². The van der Waals surface area contributed by atoms with E-state index in [1.165, 1.54) is 0 Å². The molecule has 1 saturated carbocycles. The van der Waals surface area contributed by atoms with Crippen molar-refractivity contribution < 1.29 is 9.53 Å². The van der Waals surface area contributed by atoms with Crippen LogP contribution in [0, 0.1) is 6.92 Å². The first-order valence-corrected chi connectivity index (χ1v) is 7.55. The van der Waals surface area contributed by atoms with Gasteiger partial charge in [-0.2, -0.15) is 5.10 Å². The molecule has 1 aromatic heterocycles. The Morgan fingerprint density at radius 1 is 1.60 bits per heavy atom. The number of ether oxygens (including phenoxy) is 1. The zero-order valence-corrected chi connectivity index (χ0v) is 13.1. The van der Waals surface area contributed by atoms with Crippen LogP contribution in [0.2, 0.25) is 0 Å². The zero-order chi connectivity index (χ0) is 14.7. The highest BCUT2D eigenvalue weighted by Gasteiger charge is 2.36. The first kappa shape index (κ1) is 15.3. The molecule has 1 heterocycles. The van der Waals surface area contributed by atoms with Gasteiger partial charge in [0.25, 0.3) is 0 Å². The predicted molar refractivity (Wildman–Crippen MR) is 77.7 cm³/mol. The van der Waals surface area contributed by atoms with Crippen LogP contribution in [-0.4, -0.2) is 45.2 Å². The summed E-state index contributed by atoms with van der Waals surface area (Å²) in [5, 5.41) is 4.32. The maximum atomic E-state index is 12.1. The minimum absolute atomic E-state index is 0.0205. The van der Waals surface area contributed by atoms with E-state index in [-0.39, 0.29) is 23.9 Å². The fourth-order valence-corrected chi connectivity index (χ4v) is 2.80. The van der Waals surface area contributed by atoms with Gasteiger partial charge in [-0.05, 0) is 32.8 Å². The molecule has 0 N–H and O–H groups in total. The second-order valence-electron chi connectivity index (χ2n) is 5.26. The van der Waals surface area contributed by atoms with Crippen molar-refractivity contribution in [1.29, 1.82) is 0 Å². The highest BCUT2D eigenvalue weighted by molar-refractivity contribution is 6.27. The van der Waals surface area contributed by atoms with Gasteiger partial charge in [0.1, 0.15) is 5.88 Å². The molecule has 0 atom stereocenters. The summed E-state index contributed by atoms with van der Waals surface area (Å²) in [5.74, 6) is -0.00224. The molecule has 0 aromatic carbocycles. The third-order valence-electron chi connectivity index (χ3n) is 3.78. The molecule has 1 aliphatic rings. The van der Waals surface area contributed by atoms with Crippen LogP contribution in [0.25, 0.3) is 0 Å². The summed E-state index contributed by atoms with van der Waals surface area (Å²) in [6.45, 7) is 5.23. The lowest BCUT2D eigenvalue weighted by molar-refractivity contribution is -0.137. The lowest BCUT2D eigenvalue weighted by Gasteiger charge is -2.42. The second-order valence-corrected chi connectivity index (χ2v) is 5.53. The van der Waals surface area contributed by atoms with Crippen LogP contribution in [0.1, 0.15) is 31.2 Å². The number of hydrogen-bond donors (Lipinski definition) is 0. The number of nitrogens with zero attached hydrogens (tertiary/aromatic N) is 3. The summed E-state index contributed by atoms with van der Waals surface area (Å²) in [5.41, 5.74) is 1.99. The standard InChI is InChI=1S/C14H22ClN3O2/c1-4-20-13-6-11(7-13)18(14(19)8-15)9-12-5-10(2)16-17(12)3/h5,11,13H,4,6-9H2,1-3H3. The Kier molecular flexibility index (Phi) is 5.05. The molecule has 0 unspecified atom stereocenters. The summed E-state index contributed by atoms with van der Waals surface area (Å²) < 4.78 is 7.38. The highest BCUT2D eigenvalue weighted by Crippen LogP contribution is 2.29. The first-order valence-electron chi connectivity index (χ1n) is 7.01. The Morgan fingerprint density at radius 3 is 2.80 bits per heavy atom. The number of carbonyl (C=O) groups is 1. The number of halogens is 1. The summed E-state index contributed by atoms with van der Waals surface area (Å²) in [6.07, 6.45) is 2.07. The van der Waals surface area contributed by atoms with Crippen LogP contribution in [0.15, 0.2) is 6.07 Å². The molecule has 1 amide bonds. The van der Waals surface area contributed by atoms with Gasteiger partial charge in [-0.1, -0.05) is 0 Å². The second kappa shape index (κ2) is 6.59. The number of alkyl halides is 1. The van der Waals surface area contributed by atoms with E-state index in [1.807, 2.05) is 36.5 Å². The van der Waals surface area contributed by atoms with E-state index in [9.17, 15) is 4.79 Å². The van der Waals surface area contributed by atoms with E-state index < -0.39 is 0 Å². The molecule has 5 nitrogen and oxygen atoms in total. The minimum Gasteiger partial charge on any atom is -0.378 e. The highest BCUT2D eigenvalue weighted by atomic mass is 35.5. The zero-order valence-electron chi connectivity index (χ0n) is 12.3. The van der Waals surface area contributed by atoms with Gasteiger partial charge in [-0.25, -0.2) is 0 Å². The average Bonchev–Trinajstić information content (AvgIpc) is 2.68. The SMILES string of the molecule is CCOC1CC(N(Cc2cc(C)nn2C)C(=O)CCl)C1. The van der Waals surface area contributed by atoms with Crippen LogP contribution in [0.4, 0.5) is 0 Å². The van der Waals surface area contributed by atoms with Crippen molar-refractivity contribution in [2.24, 2.45) is 7.05 Å². The maximum absolute atomic E-state index is 12.1. The van der Waals surface area contributed by atoms with Gasteiger partial charge < -0.3 is 9.64 Å². The molecule has 1 fully saturated rings. The van der Waals surface area contributed by atoms with Gasteiger partial charge in [0.2, 0.25) is 5.91 Å². The molecule has 1 aromatic rings. The van der Waals surface area contributed by atoms with Crippen LogP contribution in [0.3, 0.4) is 0 Å². The van der Waals surface area contributed by atoms with Crippen LogP contribution < -0.4 is 0 Å². The number of rotatable bonds is 6. The largest absolute Gasteiger partial charge is 0.378 e. The smallest absolute Gasteiger partial charge is 0.238 e. The van der Waals surface area contributed by atoms with Crippen molar-refractivity contribution in [2.75, 3.05) is 12.5 Å². The van der Waals surface area contributed by atoms with E-state index in [1.54, 1.807) is 0 Å². The molecule has 0 aliphatic heterocycles. The van der Waals surface area contributed by atoms with Crippen molar-refractivity contribution in [2.45, 2.75) is 45.4 Å². The lowest BCUT2D eigenvalue weighted by Crippen LogP contribution is -2.50. The molecule has 20 heavy (non-hydrogen) atoms. The minimum atomic E-state index is -0.0227. The van der Waals surface area contributed by atoms with Gasteiger partial charge in [-0.3, -0.25) is 9.48 Å². The van der Waals surface area contributed by atoms with Crippen LogP contribution >= 0.6 is 11.6 Å². The molecule has 0 saturated heterocycles. The van der Waals surface area contributed by atoms with Gasteiger partial charge in [0, 0.05) is 19.7 Å². The van der Waals surface area contributed by atoms with E-state index >= 15 is 0 Å². The third-order valence-corrected chi connectivity index (χ3v) is 4.01. The Bertz CT molecular complexity index is 469. The van der Waals surface area contributed by atoms with E-state index in [4.69, 9.17) is 16.3 Å². The summed E-state index contributed by atoms with van der Waals surface area (Å²) in [6, 6.07) is 2.24. The van der Waals surface area contributed by atoms with Gasteiger partial charge in [-0.15, -0.1) is 11.6 Å². The first-order chi connectivity index (χ1) is 9.55. The number of amides is 1. The number of carbonyl (C=O) groups excluding carboxylic acids is 1. The summed E-state index contributed by atoms with van der Waals surface area (Å²) >= 11 is 5.74. The van der Waals surface area contributed by atoms with Gasteiger partial charge in [0.05, 0.1) is 24.0 Å². The van der Waals surface area contributed by atoms with Crippen molar-refractivity contribution in [1.82, 2.24) is 14.7 Å². The molecule has 6 heteroatoms. The molecular weight excluding hydrogens is 278 g/mol. The van der Waals surface area contributed by atoms with Crippen molar-refractivity contribution >= 4 is 17.5 Å². The van der Waals surface area contributed by atoms with Crippen molar-refractivity contribution in [3.63, 3.8) is 0 Å². The molecule has 0 radical (unpaired) electrons. The molecule has 2 rings (SSSR count). The molecule has 112 valence electrons. The van der Waals surface area contributed by atoms with E-state index in [0.29, 0.717) is 6.54 Å². The normalized spacial score (nSPS) is 21.6. The predicted octanol–water partition coefficient (Wildman–Crippen LogP) is 1.86. The average molecular weight is 300 g/mol. The van der Waals surface area contributed by atoms with Crippen LogP contribution in [0.5, 0.6) is 0 Å². The molecule has 1 aliphatic carbocycles. The lowest BCUT2D eigenvalue weighted by atomic mass is 9.87. The fraction of sp³-hybridized carbons (Fsp3) is 0.714. The summed E-state index contributed by atoms with van der Waals surface area (Å²) in [4.78, 5) is 13.9. The third kappa shape index (κ3) is 3.33. The Morgan fingerprint density at radius 2 is 2.30 bits per heavy atom. The number of aromatic nitrogens is 2. The Balaban J connectivity index is 2.02. The topological polar surface area (TPSA) is 47.4 Å². The van der Waals surface area contributed by atoms with Gasteiger partial charge >= 0.3 is 0 Å². The van der Waals surface area contributed by atoms with Gasteiger partial charge in [0.15, 0.2) is 0 Å². The maximum Gasteiger partial charge on any atom is 0.238 e. The van der Waals surface area contributed by atoms with E-state index in [2.05, 4.69) is 5.10 Å². The number of aryl methyl sites for hydroxylation is 2. The molecule has 0 bridgehead atoms. The Labute approximate surface area is 124 Å². The summed E-state index contributed by atoms with van der Waals surface area (Å²) in [7, 11) is 1.90. The Hall–Kier alpha value is -1.07. The quantitative estimate of drug-likeness (QED) is 0.753.